The van der Waals surface area contributed by atoms with Gasteiger partial charge in [-0.2, -0.15) is 0 Å². The minimum absolute atomic E-state index is 0.653. The van der Waals surface area contributed by atoms with Gasteiger partial charge in [0, 0.05) is 98.8 Å². The van der Waals surface area contributed by atoms with Crippen LogP contribution in [0.1, 0.15) is 0 Å². The van der Waals surface area contributed by atoms with Crippen LogP contribution in [-0.4, -0.2) is 29.9 Å². The van der Waals surface area contributed by atoms with E-state index in [0.29, 0.717) is 44.4 Å². The van der Waals surface area contributed by atoms with Crippen molar-refractivity contribution in [2.24, 2.45) is 0 Å². The van der Waals surface area contributed by atoms with Crippen molar-refractivity contribution in [1.82, 2.24) is 29.9 Å². The molecular weight excluding hydrogens is 1040 g/mol. The molecule has 0 unspecified atom stereocenters. The van der Waals surface area contributed by atoms with Crippen molar-refractivity contribution in [2.45, 2.75) is 0 Å². The molecule has 0 N–H and O–H groups in total. The number of aromatic nitrogens is 6. The van der Waals surface area contributed by atoms with Gasteiger partial charge in [-0.3, -0.25) is 9.97 Å². The number of pyridine rings is 6. The number of hydrogen-bond donors (Lipinski definition) is 0. The molecule has 15 rings (SSSR count). The number of rotatable bonds is 10. The van der Waals surface area contributed by atoms with E-state index in [0.717, 1.165) is 97.9 Å². The van der Waals surface area contributed by atoms with E-state index in [4.69, 9.17) is 29.9 Å². The van der Waals surface area contributed by atoms with Crippen LogP contribution in [0.25, 0.3) is 110 Å². The Hall–Kier alpha value is -10.1. The highest BCUT2D eigenvalue weighted by Gasteiger charge is 2.33. The number of benzene rings is 9. The van der Waals surface area contributed by atoms with E-state index in [1.54, 1.807) is 12.4 Å². The molecule has 10 heteroatoms. The summed E-state index contributed by atoms with van der Waals surface area (Å²) in [5, 5.41) is 9.94. The molecule has 82 heavy (non-hydrogen) atoms. The quantitative estimate of drug-likeness (QED) is 0.0983. The third-order valence-electron chi connectivity index (χ3n) is 15.6. The van der Waals surface area contributed by atoms with Crippen LogP contribution < -0.4 is 31.8 Å². The van der Waals surface area contributed by atoms with Crippen molar-refractivity contribution in [2.75, 3.05) is 0 Å². The molecular formula is C72H46N6O2P2. The van der Waals surface area contributed by atoms with Crippen molar-refractivity contribution < 1.29 is 9.13 Å². The van der Waals surface area contributed by atoms with Gasteiger partial charge >= 0.3 is 0 Å². The minimum atomic E-state index is -3.50. The molecule has 8 nitrogen and oxygen atoms in total. The molecule has 0 saturated carbocycles. The Kier molecular flexibility index (Phi) is 11.9. The largest absolute Gasteiger partial charge is 0.309 e. The molecule has 0 aliphatic carbocycles. The monoisotopic (exact) mass is 1090 g/mol. The predicted octanol–water partition coefficient (Wildman–Crippen LogP) is 14.9. The molecule has 0 bridgehead atoms. The summed E-state index contributed by atoms with van der Waals surface area (Å²) in [7, 11) is -7.00. The zero-order valence-corrected chi connectivity index (χ0v) is 45.7. The summed E-state index contributed by atoms with van der Waals surface area (Å²) in [4.78, 5) is 31.2. The first-order valence-corrected chi connectivity index (χ1v) is 30.5. The lowest BCUT2D eigenvalue weighted by Gasteiger charge is -2.22. The van der Waals surface area contributed by atoms with Crippen LogP contribution in [0.15, 0.2) is 279 Å². The summed E-state index contributed by atoms with van der Waals surface area (Å²) in [6.07, 6.45) is 3.59. The lowest BCUT2D eigenvalue weighted by molar-refractivity contribution is 0.591. The van der Waals surface area contributed by atoms with Gasteiger partial charge in [-0.05, 0) is 72.8 Å². The maximum Gasteiger partial charge on any atom is 0.171 e. The van der Waals surface area contributed by atoms with Crippen LogP contribution in [0.2, 0.25) is 0 Å². The second kappa shape index (κ2) is 19.9. The highest BCUT2D eigenvalue weighted by atomic mass is 31.2. The van der Waals surface area contributed by atoms with Crippen LogP contribution in [0.4, 0.5) is 0 Å². The van der Waals surface area contributed by atoms with Crippen molar-refractivity contribution in [3.8, 4) is 45.0 Å². The first-order chi connectivity index (χ1) is 40.3. The third kappa shape index (κ3) is 8.39. The average molecular weight is 1090 g/mol. The van der Waals surface area contributed by atoms with Gasteiger partial charge < -0.3 is 9.13 Å². The highest BCUT2D eigenvalue weighted by Crippen LogP contribution is 2.46. The van der Waals surface area contributed by atoms with E-state index < -0.39 is 14.3 Å². The topological polar surface area (TPSA) is 111 Å². The van der Waals surface area contributed by atoms with Crippen LogP contribution in [-0.2, 0) is 9.13 Å². The Bertz CT molecular complexity index is 4720. The van der Waals surface area contributed by atoms with E-state index in [9.17, 15) is 0 Å². The van der Waals surface area contributed by atoms with E-state index in [1.165, 1.54) is 0 Å². The fourth-order valence-corrected chi connectivity index (χ4v) is 16.9. The van der Waals surface area contributed by atoms with Gasteiger partial charge in [0.1, 0.15) is 0 Å². The summed E-state index contributed by atoms with van der Waals surface area (Å²) >= 11 is 0. The van der Waals surface area contributed by atoms with Gasteiger partial charge in [-0.25, -0.2) is 19.9 Å². The van der Waals surface area contributed by atoms with Gasteiger partial charge in [0.2, 0.25) is 0 Å². The zero-order chi connectivity index (χ0) is 54.8. The molecule has 0 saturated heterocycles. The maximum absolute atomic E-state index is 16.3. The molecule has 386 valence electrons. The lowest BCUT2D eigenvalue weighted by Crippen LogP contribution is -2.25. The molecule has 0 atom stereocenters. The first kappa shape index (κ1) is 49.0. The fourth-order valence-electron chi connectivity index (χ4n) is 11.5. The van der Waals surface area contributed by atoms with Crippen molar-refractivity contribution in [3.05, 3.63) is 279 Å². The number of fused-ring (bicyclic) bond motifs is 9. The van der Waals surface area contributed by atoms with Crippen molar-refractivity contribution in [1.29, 1.82) is 0 Å². The number of nitrogens with zero attached hydrogens (tertiary/aromatic N) is 6. The van der Waals surface area contributed by atoms with Gasteiger partial charge in [-0.15, -0.1) is 0 Å². The third-order valence-corrected chi connectivity index (χ3v) is 21.7. The van der Waals surface area contributed by atoms with Crippen LogP contribution >= 0.6 is 14.3 Å². The van der Waals surface area contributed by atoms with Gasteiger partial charge in [-0.1, -0.05) is 194 Å². The molecule has 0 radical (unpaired) electrons. The molecule has 6 heterocycles. The standard InChI is InChI=1S/C72H46N6O2P2/c79-81(57-17-5-1-6-18-57,58-19-7-2-8-20-58)61-43-53(63-35-31-49-27-25-47-15-13-39-73-67(47)69(49)75-63)41-55(45-61)65-37-33-51-29-30-52-34-38-66(78-72(52)71(51)77-65)56-42-54(64-36-32-50-28-26-48-16-14-40-74-68(48)70(50)76-64)44-62(46-56)82(80,59-21-9-3-10-22-59)60-23-11-4-12-24-60/h1-46H. The molecule has 15 aromatic rings. The Morgan fingerprint density at radius 3 is 0.744 bits per heavy atom. The molecule has 0 aliphatic rings. The molecule has 0 fully saturated rings. The summed E-state index contributed by atoms with van der Waals surface area (Å²) in [6.45, 7) is 0. The SMILES string of the molecule is O=P(c1ccccc1)(c1ccccc1)c1cc(-c2ccc3ccc4cccnc4c3n2)cc(-c2ccc3ccc4ccc(-c5cc(-c6ccc7ccc8cccnc8c7n6)cc(P(=O)(c6ccccc6)c6ccccc6)c5)nc4c3n2)c1. The van der Waals surface area contributed by atoms with Crippen molar-refractivity contribution in [3.63, 3.8) is 0 Å². The van der Waals surface area contributed by atoms with E-state index >= 15 is 9.13 Å². The Morgan fingerprint density at radius 1 is 0.220 bits per heavy atom. The first-order valence-electron chi connectivity index (χ1n) is 27.1. The summed E-state index contributed by atoms with van der Waals surface area (Å²) in [6, 6.07) is 88.1. The van der Waals surface area contributed by atoms with E-state index in [1.807, 2.05) is 194 Å². The Balaban J connectivity index is 0.937. The van der Waals surface area contributed by atoms with Gasteiger partial charge in [0.05, 0.1) is 55.9 Å². The molecule has 0 aliphatic heterocycles. The predicted molar refractivity (Wildman–Crippen MR) is 339 cm³/mol. The molecule has 0 spiro atoms. The summed E-state index contributed by atoms with van der Waals surface area (Å²) < 4.78 is 32.6. The number of hydrogen-bond acceptors (Lipinski definition) is 8. The van der Waals surface area contributed by atoms with Crippen LogP contribution in [0.3, 0.4) is 0 Å². The van der Waals surface area contributed by atoms with Crippen LogP contribution in [0.5, 0.6) is 0 Å². The second-order valence-electron chi connectivity index (χ2n) is 20.5. The van der Waals surface area contributed by atoms with E-state index in [2.05, 4.69) is 72.8 Å². The Morgan fingerprint density at radius 2 is 0.463 bits per heavy atom. The lowest BCUT2D eigenvalue weighted by atomic mass is 10.0. The van der Waals surface area contributed by atoms with Gasteiger partial charge in [0.25, 0.3) is 0 Å². The maximum atomic E-state index is 16.3. The van der Waals surface area contributed by atoms with E-state index in [-0.39, 0.29) is 0 Å². The smallest absolute Gasteiger partial charge is 0.171 e. The molecule has 9 aromatic carbocycles. The molecule has 6 aromatic heterocycles. The van der Waals surface area contributed by atoms with Crippen molar-refractivity contribution >= 4 is 112 Å². The zero-order valence-electron chi connectivity index (χ0n) is 44.0. The average Bonchev–Trinajstić information content (AvgIpc) is 3.72. The van der Waals surface area contributed by atoms with Gasteiger partial charge in [0.15, 0.2) is 14.3 Å². The second-order valence-corrected chi connectivity index (χ2v) is 26.1. The minimum Gasteiger partial charge on any atom is -0.309 e. The fraction of sp³-hybridized carbons (Fsp3) is 0. The Labute approximate surface area is 472 Å². The molecule has 0 amide bonds. The highest BCUT2D eigenvalue weighted by molar-refractivity contribution is 7.85. The van der Waals surface area contributed by atoms with Crippen LogP contribution in [0, 0.1) is 0 Å². The summed E-state index contributed by atoms with van der Waals surface area (Å²) in [5.74, 6) is 0. The summed E-state index contributed by atoms with van der Waals surface area (Å²) in [5.41, 5.74) is 10.5. The normalized spacial score (nSPS) is 12.0.